The van der Waals surface area contributed by atoms with Crippen molar-refractivity contribution in [1.82, 2.24) is 9.97 Å². The van der Waals surface area contributed by atoms with Crippen LogP contribution in [0.5, 0.6) is 0 Å². The lowest BCUT2D eigenvalue weighted by molar-refractivity contribution is 0.122. The molecule has 1 aliphatic rings. The quantitative estimate of drug-likeness (QED) is 0.944. The number of hydrogen-bond donors (Lipinski definition) is 1. The maximum absolute atomic E-state index is 6.03. The lowest BCUT2D eigenvalue weighted by Crippen LogP contribution is -2.36. The highest BCUT2D eigenvalue weighted by molar-refractivity contribution is 6.30. The molecule has 1 aromatic carbocycles. The van der Waals surface area contributed by atoms with Crippen molar-refractivity contribution in [3.05, 3.63) is 41.0 Å². The summed E-state index contributed by atoms with van der Waals surface area (Å²) in [5, 5.41) is 3.92. The molecule has 1 saturated heterocycles. The molecule has 2 heterocycles. The van der Waals surface area contributed by atoms with Gasteiger partial charge in [-0.3, -0.25) is 0 Å². The second kappa shape index (κ2) is 6.28. The zero-order chi connectivity index (χ0) is 14.7. The molecule has 0 atom stereocenters. The second-order valence-corrected chi connectivity index (χ2v) is 5.36. The van der Waals surface area contributed by atoms with Crippen LogP contribution in [0.2, 0.25) is 5.02 Å². The molecule has 110 valence electrons. The molecule has 6 heteroatoms. The van der Waals surface area contributed by atoms with Gasteiger partial charge in [-0.2, -0.15) is 4.98 Å². The molecule has 1 aliphatic heterocycles. The fourth-order valence-electron chi connectivity index (χ4n) is 2.23. The predicted molar refractivity (Wildman–Crippen MR) is 84.5 cm³/mol. The maximum Gasteiger partial charge on any atom is 0.229 e. The van der Waals surface area contributed by atoms with E-state index in [4.69, 9.17) is 16.3 Å². The van der Waals surface area contributed by atoms with Crippen molar-refractivity contribution in [2.75, 3.05) is 36.5 Å². The Bertz CT molecular complexity index is 629. The summed E-state index contributed by atoms with van der Waals surface area (Å²) in [6.45, 7) is 5.20. The third-order valence-corrected chi connectivity index (χ3v) is 3.66. The van der Waals surface area contributed by atoms with E-state index in [1.54, 1.807) is 6.20 Å². The van der Waals surface area contributed by atoms with E-state index in [9.17, 15) is 0 Å². The van der Waals surface area contributed by atoms with Crippen LogP contribution in [0, 0.1) is 6.92 Å². The molecular weight excluding hydrogens is 288 g/mol. The van der Waals surface area contributed by atoms with Crippen LogP contribution < -0.4 is 10.2 Å². The number of aromatic nitrogens is 2. The highest BCUT2D eigenvalue weighted by Crippen LogP contribution is 2.23. The first-order chi connectivity index (χ1) is 10.2. The van der Waals surface area contributed by atoms with Crippen LogP contribution in [0.4, 0.5) is 17.5 Å². The summed E-state index contributed by atoms with van der Waals surface area (Å²) >= 11 is 6.03. The van der Waals surface area contributed by atoms with Crippen molar-refractivity contribution >= 4 is 29.1 Å². The van der Waals surface area contributed by atoms with E-state index in [-0.39, 0.29) is 0 Å². The molecule has 0 saturated carbocycles. The molecule has 2 aromatic rings. The first-order valence-corrected chi connectivity index (χ1v) is 7.29. The van der Waals surface area contributed by atoms with Crippen LogP contribution in [-0.4, -0.2) is 36.3 Å². The summed E-state index contributed by atoms with van der Waals surface area (Å²) in [7, 11) is 0. The Morgan fingerprint density at radius 1 is 1.24 bits per heavy atom. The van der Waals surface area contributed by atoms with Gasteiger partial charge in [0.25, 0.3) is 0 Å². The molecule has 0 radical (unpaired) electrons. The van der Waals surface area contributed by atoms with Crippen LogP contribution in [-0.2, 0) is 4.74 Å². The molecule has 1 aromatic heterocycles. The first kappa shape index (κ1) is 14.1. The topological polar surface area (TPSA) is 50.3 Å². The number of rotatable bonds is 3. The zero-order valence-electron chi connectivity index (χ0n) is 11.8. The second-order valence-electron chi connectivity index (χ2n) is 4.92. The predicted octanol–water partition coefficient (Wildman–Crippen LogP) is 3.02. The lowest BCUT2D eigenvalue weighted by Gasteiger charge is -2.27. The monoisotopic (exact) mass is 304 g/mol. The minimum atomic E-state index is 0.573. The molecule has 0 spiro atoms. The number of anilines is 3. The molecule has 0 aliphatic carbocycles. The molecule has 0 bridgehead atoms. The summed E-state index contributed by atoms with van der Waals surface area (Å²) in [5.41, 5.74) is 2.02. The van der Waals surface area contributed by atoms with Crippen molar-refractivity contribution in [3.63, 3.8) is 0 Å². The Kier molecular flexibility index (Phi) is 4.22. The number of halogens is 1. The zero-order valence-corrected chi connectivity index (χ0v) is 12.6. The van der Waals surface area contributed by atoms with E-state index in [1.807, 2.05) is 31.2 Å². The fraction of sp³-hybridized carbons (Fsp3) is 0.333. The largest absolute Gasteiger partial charge is 0.378 e. The van der Waals surface area contributed by atoms with Gasteiger partial charge in [0.1, 0.15) is 5.82 Å². The average molecular weight is 305 g/mol. The van der Waals surface area contributed by atoms with Gasteiger partial charge in [-0.05, 0) is 30.7 Å². The van der Waals surface area contributed by atoms with E-state index >= 15 is 0 Å². The van der Waals surface area contributed by atoms with Crippen molar-refractivity contribution in [3.8, 4) is 0 Å². The standard InChI is InChI=1S/C15H17ClN4O/c1-11-2-3-12(16)10-13(11)18-15-17-5-4-14(19-15)20-6-8-21-9-7-20/h2-5,10H,6-9H2,1H3,(H,17,18,19). The molecule has 3 rings (SSSR count). The Labute approximate surface area is 128 Å². The normalized spacial score (nSPS) is 15.0. The minimum absolute atomic E-state index is 0.573. The van der Waals surface area contributed by atoms with Crippen molar-refractivity contribution in [2.45, 2.75) is 6.92 Å². The highest BCUT2D eigenvalue weighted by Gasteiger charge is 2.13. The van der Waals surface area contributed by atoms with Gasteiger partial charge in [-0.25, -0.2) is 4.98 Å². The molecular formula is C15H17ClN4O. The van der Waals surface area contributed by atoms with E-state index in [1.165, 1.54) is 0 Å². The highest BCUT2D eigenvalue weighted by atomic mass is 35.5. The van der Waals surface area contributed by atoms with Crippen LogP contribution in [0.15, 0.2) is 30.5 Å². The Balaban J connectivity index is 1.81. The van der Waals surface area contributed by atoms with Gasteiger partial charge in [-0.15, -0.1) is 0 Å². The number of nitrogens with one attached hydrogen (secondary N) is 1. The number of ether oxygens (including phenoxy) is 1. The van der Waals surface area contributed by atoms with E-state index in [0.717, 1.165) is 43.4 Å². The van der Waals surface area contributed by atoms with Crippen LogP contribution in [0.25, 0.3) is 0 Å². The number of hydrogen-bond acceptors (Lipinski definition) is 5. The van der Waals surface area contributed by atoms with Gasteiger partial charge in [0.05, 0.1) is 13.2 Å². The number of morpholine rings is 1. The maximum atomic E-state index is 6.03. The first-order valence-electron chi connectivity index (χ1n) is 6.91. The summed E-state index contributed by atoms with van der Waals surface area (Å²) in [4.78, 5) is 11.0. The van der Waals surface area contributed by atoms with Gasteiger partial charge in [0, 0.05) is 30.0 Å². The van der Waals surface area contributed by atoms with E-state index < -0.39 is 0 Å². The Hall–Kier alpha value is -1.85. The van der Waals surface area contributed by atoms with Crippen LogP contribution >= 0.6 is 11.6 Å². The van der Waals surface area contributed by atoms with Gasteiger partial charge >= 0.3 is 0 Å². The molecule has 1 N–H and O–H groups in total. The summed E-state index contributed by atoms with van der Waals surface area (Å²) in [6.07, 6.45) is 1.76. The van der Waals surface area contributed by atoms with Gasteiger partial charge < -0.3 is 15.0 Å². The van der Waals surface area contributed by atoms with Gasteiger partial charge in [-0.1, -0.05) is 17.7 Å². The van der Waals surface area contributed by atoms with Gasteiger partial charge in [0.15, 0.2) is 0 Å². The van der Waals surface area contributed by atoms with Crippen molar-refractivity contribution in [1.29, 1.82) is 0 Å². The number of aryl methyl sites for hydroxylation is 1. The SMILES string of the molecule is Cc1ccc(Cl)cc1Nc1nccc(N2CCOCC2)n1. The third kappa shape index (κ3) is 3.43. The van der Waals surface area contributed by atoms with E-state index in [2.05, 4.69) is 20.2 Å². The fourth-order valence-corrected chi connectivity index (χ4v) is 2.40. The number of nitrogens with zero attached hydrogens (tertiary/aromatic N) is 3. The number of benzene rings is 1. The Morgan fingerprint density at radius 3 is 2.86 bits per heavy atom. The summed E-state index contributed by atoms with van der Waals surface area (Å²) < 4.78 is 5.36. The summed E-state index contributed by atoms with van der Waals surface area (Å²) in [6, 6.07) is 7.63. The average Bonchev–Trinajstić information content (AvgIpc) is 2.52. The Morgan fingerprint density at radius 2 is 2.05 bits per heavy atom. The molecule has 1 fully saturated rings. The van der Waals surface area contributed by atoms with Crippen molar-refractivity contribution < 1.29 is 4.74 Å². The van der Waals surface area contributed by atoms with Gasteiger partial charge in [0.2, 0.25) is 5.95 Å². The molecule has 0 unspecified atom stereocenters. The van der Waals surface area contributed by atoms with Crippen LogP contribution in [0.1, 0.15) is 5.56 Å². The molecule has 0 amide bonds. The smallest absolute Gasteiger partial charge is 0.229 e. The minimum Gasteiger partial charge on any atom is -0.378 e. The molecule has 5 nitrogen and oxygen atoms in total. The lowest BCUT2D eigenvalue weighted by atomic mass is 10.2. The summed E-state index contributed by atoms with van der Waals surface area (Å²) in [5.74, 6) is 1.49. The third-order valence-electron chi connectivity index (χ3n) is 3.42. The van der Waals surface area contributed by atoms with Crippen molar-refractivity contribution in [2.24, 2.45) is 0 Å². The van der Waals surface area contributed by atoms with Crippen LogP contribution in [0.3, 0.4) is 0 Å². The molecule has 21 heavy (non-hydrogen) atoms. The van der Waals surface area contributed by atoms with E-state index in [0.29, 0.717) is 11.0 Å².